The summed E-state index contributed by atoms with van der Waals surface area (Å²) in [6.07, 6.45) is 4.08. The molecule has 6 atom stereocenters. The van der Waals surface area contributed by atoms with Crippen LogP contribution >= 0.6 is 0 Å². The lowest BCUT2D eigenvalue weighted by Gasteiger charge is -2.55. The molecule has 0 aromatic heterocycles. The smallest absolute Gasteiger partial charge is 0.0651 e. The molecule has 0 amide bonds. The van der Waals surface area contributed by atoms with Crippen molar-refractivity contribution in [1.29, 1.82) is 0 Å². The van der Waals surface area contributed by atoms with Crippen LogP contribution in [0, 0.1) is 29.1 Å². The van der Waals surface area contributed by atoms with Crippen LogP contribution in [0.25, 0.3) is 0 Å². The zero-order valence-corrected chi connectivity index (χ0v) is 10.6. The van der Waals surface area contributed by atoms with Gasteiger partial charge in [0.15, 0.2) is 0 Å². The Balaban J connectivity index is 1.82. The van der Waals surface area contributed by atoms with Gasteiger partial charge in [-0.05, 0) is 61.7 Å². The summed E-state index contributed by atoms with van der Waals surface area (Å²) in [5.41, 5.74) is -0.147. The van der Waals surface area contributed by atoms with Crippen LogP contribution in [0.3, 0.4) is 0 Å². The van der Waals surface area contributed by atoms with Gasteiger partial charge in [-0.25, -0.2) is 0 Å². The number of aliphatic hydroxyl groups is 2. The van der Waals surface area contributed by atoms with Crippen molar-refractivity contribution in [3.8, 4) is 0 Å². The first kappa shape index (κ1) is 11.0. The van der Waals surface area contributed by atoms with E-state index in [9.17, 15) is 10.2 Å². The molecule has 3 rings (SSSR count). The Morgan fingerprint density at radius 1 is 1.06 bits per heavy atom. The molecular weight excluding hydrogens is 200 g/mol. The Hall–Kier alpha value is -0.0800. The summed E-state index contributed by atoms with van der Waals surface area (Å²) in [4.78, 5) is 0. The van der Waals surface area contributed by atoms with E-state index < -0.39 is 5.60 Å². The third-order valence-corrected chi connectivity index (χ3v) is 5.76. The topological polar surface area (TPSA) is 40.5 Å². The minimum absolute atomic E-state index is 0.144. The van der Waals surface area contributed by atoms with E-state index in [0.717, 1.165) is 19.3 Å². The van der Waals surface area contributed by atoms with Crippen LogP contribution in [0.4, 0.5) is 0 Å². The van der Waals surface area contributed by atoms with Gasteiger partial charge in [0.25, 0.3) is 0 Å². The fourth-order valence-corrected chi connectivity index (χ4v) is 4.54. The lowest BCUT2D eigenvalue weighted by atomic mass is 9.51. The molecule has 2 N–H and O–H groups in total. The third-order valence-electron chi connectivity index (χ3n) is 5.76. The number of hydrogen-bond acceptors (Lipinski definition) is 2. The largest absolute Gasteiger partial charge is 0.393 e. The van der Waals surface area contributed by atoms with Gasteiger partial charge in [0.1, 0.15) is 0 Å². The Labute approximate surface area is 98.1 Å². The zero-order valence-electron chi connectivity index (χ0n) is 10.6. The summed E-state index contributed by atoms with van der Waals surface area (Å²) in [6.45, 7) is 6.58. The second kappa shape index (κ2) is 3.02. The van der Waals surface area contributed by atoms with Gasteiger partial charge in [-0.15, -0.1) is 0 Å². The van der Waals surface area contributed by atoms with E-state index in [-0.39, 0.29) is 6.10 Å². The Bertz CT molecular complexity index is 308. The van der Waals surface area contributed by atoms with Crippen LogP contribution in [0.1, 0.15) is 46.5 Å². The van der Waals surface area contributed by atoms with E-state index in [4.69, 9.17) is 0 Å². The molecular formula is C14H24O2. The maximum Gasteiger partial charge on any atom is 0.0651 e. The summed E-state index contributed by atoms with van der Waals surface area (Å²) in [5, 5.41) is 20.8. The van der Waals surface area contributed by atoms with Crippen molar-refractivity contribution in [2.75, 3.05) is 0 Å². The molecule has 0 heterocycles. The number of hydrogen-bond donors (Lipinski definition) is 2. The highest BCUT2D eigenvalue weighted by Crippen LogP contribution is 2.62. The molecule has 2 heteroatoms. The molecule has 3 aliphatic rings. The van der Waals surface area contributed by atoms with Crippen LogP contribution in [-0.2, 0) is 0 Å². The lowest BCUT2D eigenvalue weighted by Crippen LogP contribution is -2.52. The Morgan fingerprint density at radius 2 is 1.75 bits per heavy atom. The van der Waals surface area contributed by atoms with E-state index >= 15 is 0 Å². The number of rotatable bonds is 0. The fourth-order valence-electron chi connectivity index (χ4n) is 4.54. The number of aliphatic hydroxyl groups excluding tert-OH is 1. The average Bonchev–Trinajstić information content (AvgIpc) is 2.91. The second-order valence-corrected chi connectivity index (χ2v) is 7.36. The van der Waals surface area contributed by atoms with Crippen molar-refractivity contribution < 1.29 is 10.2 Å². The highest BCUT2D eigenvalue weighted by atomic mass is 16.3. The van der Waals surface area contributed by atoms with E-state index in [1.54, 1.807) is 0 Å². The lowest BCUT2D eigenvalue weighted by molar-refractivity contribution is -0.122. The number of fused-ring (bicyclic) bond motifs is 2. The van der Waals surface area contributed by atoms with Crippen molar-refractivity contribution in [2.45, 2.75) is 58.2 Å². The first-order chi connectivity index (χ1) is 7.33. The van der Waals surface area contributed by atoms with E-state index in [1.165, 1.54) is 6.42 Å². The zero-order chi connectivity index (χ0) is 11.7. The van der Waals surface area contributed by atoms with E-state index in [1.807, 2.05) is 6.92 Å². The van der Waals surface area contributed by atoms with Crippen LogP contribution in [0.2, 0.25) is 0 Å². The molecule has 3 fully saturated rings. The SMILES string of the molecule is CC1(C)C[C@@H]2[C@H](O)[C@@H]3C[C@H]3[C@](C)(O)CC[C@H]21. The van der Waals surface area contributed by atoms with E-state index in [2.05, 4.69) is 13.8 Å². The first-order valence-electron chi connectivity index (χ1n) is 6.73. The molecule has 0 radical (unpaired) electrons. The monoisotopic (exact) mass is 224 g/mol. The van der Waals surface area contributed by atoms with Crippen molar-refractivity contribution >= 4 is 0 Å². The van der Waals surface area contributed by atoms with Gasteiger partial charge in [0.05, 0.1) is 11.7 Å². The van der Waals surface area contributed by atoms with Gasteiger partial charge in [-0.2, -0.15) is 0 Å². The highest BCUT2D eigenvalue weighted by Gasteiger charge is 2.61. The van der Waals surface area contributed by atoms with Gasteiger partial charge in [-0.3, -0.25) is 0 Å². The van der Waals surface area contributed by atoms with Gasteiger partial charge in [0, 0.05) is 0 Å². The van der Waals surface area contributed by atoms with Crippen molar-refractivity contribution in [3.63, 3.8) is 0 Å². The van der Waals surface area contributed by atoms with E-state index in [0.29, 0.717) is 29.1 Å². The molecule has 0 aliphatic heterocycles. The quantitative estimate of drug-likeness (QED) is 0.662. The minimum Gasteiger partial charge on any atom is -0.393 e. The molecule has 2 nitrogen and oxygen atoms in total. The van der Waals surface area contributed by atoms with Gasteiger partial charge in [0.2, 0.25) is 0 Å². The van der Waals surface area contributed by atoms with Gasteiger partial charge >= 0.3 is 0 Å². The molecule has 0 unspecified atom stereocenters. The standard InChI is InChI=1S/C14H24O2/c1-13(2)7-9-10(13)4-5-14(3,16)11-6-8(11)12(9)15/h8-12,15-16H,4-7H2,1-3H3/t8-,9+,10-,11-,12-,14-/m1/s1. The van der Waals surface area contributed by atoms with Crippen molar-refractivity contribution in [1.82, 2.24) is 0 Å². The second-order valence-electron chi connectivity index (χ2n) is 7.36. The highest BCUT2D eigenvalue weighted by molar-refractivity contribution is 5.10. The van der Waals surface area contributed by atoms with Gasteiger partial charge < -0.3 is 10.2 Å². The molecule has 0 aromatic carbocycles. The predicted octanol–water partition coefficient (Wildman–Crippen LogP) is 2.19. The van der Waals surface area contributed by atoms with Gasteiger partial charge in [-0.1, -0.05) is 13.8 Å². The van der Waals surface area contributed by atoms with Crippen LogP contribution in [0.5, 0.6) is 0 Å². The third kappa shape index (κ3) is 1.39. The molecule has 3 saturated carbocycles. The van der Waals surface area contributed by atoms with Crippen molar-refractivity contribution in [3.05, 3.63) is 0 Å². The van der Waals surface area contributed by atoms with Crippen LogP contribution in [-0.4, -0.2) is 21.9 Å². The summed E-state index contributed by atoms with van der Waals surface area (Å²) >= 11 is 0. The normalized spacial score (nSPS) is 58.7. The van der Waals surface area contributed by atoms with Crippen molar-refractivity contribution in [2.24, 2.45) is 29.1 Å². The maximum atomic E-state index is 10.4. The summed E-state index contributed by atoms with van der Waals surface area (Å²) in [7, 11) is 0. The van der Waals surface area contributed by atoms with Crippen LogP contribution < -0.4 is 0 Å². The molecule has 16 heavy (non-hydrogen) atoms. The molecule has 0 saturated heterocycles. The Morgan fingerprint density at radius 3 is 2.38 bits per heavy atom. The molecule has 92 valence electrons. The fraction of sp³-hybridized carbons (Fsp3) is 1.00. The maximum absolute atomic E-state index is 10.4. The molecule has 0 bridgehead atoms. The summed E-state index contributed by atoms with van der Waals surface area (Å²) in [5.74, 6) is 1.89. The molecule has 3 aliphatic carbocycles. The molecule has 0 spiro atoms. The first-order valence-corrected chi connectivity index (χ1v) is 6.73. The average molecular weight is 224 g/mol. The van der Waals surface area contributed by atoms with Crippen LogP contribution in [0.15, 0.2) is 0 Å². The summed E-state index contributed by atoms with van der Waals surface area (Å²) in [6, 6.07) is 0. The molecule has 0 aromatic rings. The minimum atomic E-state index is -0.526. The Kier molecular flexibility index (Phi) is 2.09. The predicted molar refractivity (Wildman–Crippen MR) is 62.8 cm³/mol. The summed E-state index contributed by atoms with van der Waals surface area (Å²) < 4.78 is 0.